The van der Waals surface area contributed by atoms with Gasteiger partial charge in [-0.25, -0.2) is 10.5 Å². The average molecular weight is 398 g/mol. The van der Waals surface area contributed by atoms with Crippen LogP contribution in [0.4, 0.5) is 0 Å². The molecule has 158 valence electrons. The number of Topliss-reactive ketones (excluding diaryl/α,β-unsaturated/α-hetero) is 2. The molecule has 8 heteroatoms. The zero-order valence-electron chi connectivity index (χ0n) is 17.3. The highest BCUT2D eigenvalue weighted by Gasteiger charge is 2.81. The average Bonchev–Trinajstić information content (AvgIpc) is 3.10. The Balaban J connectivity index is 1.72. The minimum atomic E-state index is -2.09. The van der Waals surface area contributed by atoms with Gasteiger partial charge in [0.2, 0.25) is 11.6 Å². The van der Waals surface area contributed by atoms with Gasteiger partial charge >= 0.3 is 0 Å². The molecule has 4 fully saturated rings. The molecule has 0 saturated heterocycles. The van der Waals surface area contributed by atoms with Gasteiger partial charge in [0, 0.05) is 22.7 Å². The third kappa shape index (κ3) is 1.72. The molecular weight excluding hydrogens is 368 g/mol. The lowest BCUT2D eigenvalue weighted by molar-refractivity contribution is -0.575. The van der Waals surface area contributed by atoms with Crippen LogP contribution in [0.5, 0.6) is 0 Å². The van der Waals surface area contributed by atoms with Crippen molar-refractivity contribution in [2.45, 2.75) is 78.8 Å². The molecule has 0 aromatic carbocycles. The number of hydrogen-bond donors (Lipinski definition) is 2. The van der Waals surface area contributed by atoms with Gasteiger partial charge in [-0.15, -0.1) is 0 Å². The lowest BCUT2D eigenvalue weighted by atomic mass is 9.68. The Morgan fingerprint density at radius 3 is 1.25 bits per heavy atom. The first-order valence-electron chi connectivity index (χ1n) is 9.93. The molecule has 0 heterocycles. The number of fused-ring (bicyclic) bond motifs is 4. The first kappa shape index (κ1) is 20.4. The van der Waals surface area contributed by atoms with E-state index in [0.29, 0.717) is 25.7 Å². The Bertz CT molecular complexity index is 684. The van der Waals surface area contributed by atoms with E-state index in [-0.39, 0.29) is 11.8 Å². The van der Waals surface area contributed by atoms with Gasteiger partial charge in [0.05, 0.1) is 0 Å². The standard InChI is InChI=1S/C20H30O8/c1-15(2)11-7-9-17(15,5)19(25-23,13(11)21)27-28-20(26-24)14(22)12-8-10-18(20,6)16(12,3)4/h11-12,23-24H,7-10H2,1-6H3. The maximum Gasteiger partial charge on any atom is 0.296 e. The highest BCUT2D eigenvalue weighted by molar-refractivity contribution is 5.95. The number of ketones is 2. The van der Waals surface area contributed by atoms with E-state index in [9.17, 15) is 20.1 Å². The molecule has 0 spiro atoms. The summed E-state index contributed by atoms with van der Waals surface area (Å²) >= 11 is 0. The Morgan fingerprint density at radius 2 is 1.04 bits per heavy atom. The van der Waals surface area contributed by atoms with Crippen molar-refractivity contribution in [3.05, 3.63) is 0 Å². The van der Waals surface area contributed by atoms with Gasteiger partial charge < -0.3 is 0 Å². The molecule has 6 unspecified atom stereocenters. The molecule has 4 bridgehead atoms. The second-order valence-electron chi connectivity index (χ2n) is 10.6. The number of rotatable bonds is 5. The predicted molar refractivity (Wildman–Crippen MR) is 94.3 cm³/mol. The maximum atomic E-state index is 13.1. The first-order chi connectivity index (χ1) is 12.8. The summed E-state index contributed by atoms with van der Waals surface area (Å²) in [6, 6.07) is 0. The van der Waals surface area contributed by atoms with Gasteiger partial charge in [0.25, 0.3) is 11.6 Å². The lowest BCUT2D eigenvalue weighted by Crippen LogP contribution is -2.60. The van der Waals surface area contributed by atoms with E-state index in [1.807, 2.05) is 27.7 Å². The van der Waals surface area contributed by atoms with Crippen molar-refractivity contribution in [1.29, 1.82) is 0 Å². The summed E-state index contributed by atoms with van der Waals surface area (Å²) < 4.78 is 0. The fraction of sp³-hybridized carbons (Fsp3) is 0.900. The van der Waals surface area contributed by atoms with E-state index in [1.54, 1.807) is 13.8 Å². The number of carbonyl (C=O) groups is 2. The Labute approximate surface area is 164 Å². The molecule has 6 atom stereocenters. The third-order valence-corrected chi connectivity index (χ3v) is 9.72. The van der Waals surface area contributed by atoms with Crippen LogP contribution < -0.4 is 0 Å². The zero-order chi connectivity index (χ0) is 21.0. The summed E-state index contributed by atoms with van der Waals surface area (Å²) in [5.41, 5.74) is -2.79. The monoisotopic (exact) mass is 398 g/mol. The van der Waals surface area contributed by atoms with Gasteiger partial charge in [-0.05, 0) is 36.5 Å². The summed E-state index contributed by atoms with van der Waals surface area (Å²) in [6.45, 7) is 11.3. The van der Waals surface area contributed by atoms with Crippen LogP contribution in [0.1, 0.15) is 67.2 Å². The van der Waals surface area contributed by atoms with Crippen molar-refractivity contribution < 1.29 is 39.7 Å². The van der Waals surface area contributed by atoms with Crippen LogP contribution in [0.3, 0.4) is 0 Å². The third-order valence-electron chi connectivity index (χ3n) is 9.72. The summed E-state index contributed by atoms with van der Waals surface area (Å²) in [5.74, 6) is -5.78. The summed E-state index contributed by atoms with van der Waals surface area (Å²) in [7, 11) is 0. The van der Waals surface area contributed by atoms with Crippen LogP contribution >= 0.6 is 0 Å². The first-order valence-corrected chi connectivity index (χ1v) is 9.93. The SMILES string of the molecule is CC1(C)C2CCC1(C)C(OO)(OOC1(OO)C(=O)C3CCC1(C)C3(C)C)C2=O. The van der Waals surface area contributed by atoms with Crippen molar-refractivity contribution in [2.75, 3.05) is 0 Å². The lowest BCUT2D eigenvalue weighted by Gasteiger charge is -2.46. The normalized spacial score (nSPS) is 50.7. The van der Waals surface area contributed by atoms with Crippen molar-refractivity contribution in [1.82, 2.24) is 0 Å². The van der Waals surface area contributed by atoms with Crippen molar-refractivity contribution in [2.24, 2.45) is 33.5 Å². The van der Waals surface area contributed by atoms with Gasteiger partial charge in [0.15, 0.2) is 0 Å². The maximum absolute atomic E-state index is 13.1. The van der Waals surface area contributed by atoms with E-state index in [0.717, 1.165) is 0 Å². The molecule has 0 aliphatic heterocycles. The number of hydrogen-bond acceptors (Lipinski definition) is 8. The zero-order valence-corrected chi connectivity index (χ0v) is 17.3. The minimum absolute atomic E-state index is 0.373. The van der Waals surface area contributed by atoms with Crippen LogP contribution in [-0.2, 0) is 29.1 Å². The summed E-state index contributed by atoms with van der Waals surface area (Å²) in [6.07, 6.45) is 2.47. The molecule has 4 aliphatic carbocycles. The van der Waals surface area contributed by atoms with E-state index in [4.69, 9.17) is 9.78 Å². The molecule has 4 rings (SSSR count). The molecule has 0 aromatic rings. The molecule has 8 nitrogen and oxygen atoms in total. The van der Waals surface area contributed by atoms with E-state index >= 15 is 0 Å². The van der Waals surface area contributed by atoms with E-state index in [2.05, 4.69) is 9.78 Å². The fourth-order valence-electron chi connectivity index (χ4n) is 6.80. The predicted octanol–water partition coefficient (Wildman–Crippen LogP) is 3.36. The Morgan fingerprint density at radius 1 is 0.714 bits per heavy atom. The molecule has 4 aliphatic rings. The second kappa shape index (κ2) is 5.42. The van der Waals surface area contributed by atoms with Crippen LogP contribution in [0.15, 0.2) is 0 Å². The molecule has 0 radical (unpaired) electrons. The highest BCUT2D eigenvalue weighted by atomic mass is 17.3. The van der Waals surface area contributed by atoms with Gasteiger partial charge in [0.1, 0.15) is 0 Å². The molecular formula is C20H30O8. The summed E-state index contributed by atoms with van der Waals surface area (Å²) in [4.78, 5) is 46.7. The highest BCUT2D eigenvalue weighted by Crippen LogP contribution is 2.72. The summed E-state index contributed by atoms with van der Waals surface area (Å²) in [5, 5.41) is 19.6. The molecule has 4 saturated carbocycles. The molecule has 0 amide bonds. The van der Waals surface area contributed by atoms with Crippen molar-refractivity contribution in [3.63, 3.8) is 0 Å². The largest absolute Gasteiger partial charge is 0.296 e. The molecule has 28 heavy (non-hydrogen) atoms. The van der Waals surface area contributed by atoms with Crippen molar-refractivity contribution >= 4 is 11.6 Å². The van der Waals surface area contributed by atoms with Crippen LogP contribution in [0.25, 0.3) is 0 Å². The smallest absolute Gasteiger partial charge is 0.293 e. The van der Waals surface area contributed by atoms with Crippen LogP contribution in [-0.4, -0.2) is 33.7 Å². The Hall–Kier alpha value is -0.900. The van der Waals surface area contributed by atoms with E-state index in [1.165, 1.54) is 0 Å². The van der Waals surface area contributed by atoms with E-state index < -0.39 is 44.8 Å². The quantitative estimate of drug-likeness (QED) is 0.412. The molecule has 0 aromatic heterocycles. The minimum Gasteiger partial charge on any atom is -0.293 e. The Kier molecular flexibility index (Phi) is 3.94. The van der Waals surface area contributed by atoms with Gasteiger partial charge in [-0.2, -0.15) is 19.6 Å². The molecule has 2 N–H and O–H groups in total. The fourth-order valence-corrected chi connectivity index (χ4v) is 6.80. The van der Waals surface area contributed by atoms with Crippen LogP contribution in [0, 0.1) is 33.5 Å². The van der Waals surface area contributed by atoms with Gasteiger partial charge in [-0.3, -0.25) is 9.59 Å². The number of carbonyl (C=O) groups excluding carboxylic acids is 2. The topological polar surface area (TPSA) is 112 Å². The second-order valence-corrected chi connectivity index (χ2v) is 10.6. The van der Waals surface area contributed by atoms with Crippen LogP contribution in [0.2, 0.25) is 0 Å². The van der Waals surface area contributed by atoms with Gasteiger partial charge in [-0.1, -0.05) is 41.5 Å². The van der Waals surface area contributed by atoms with Crippen molar-refractivity contribution in [3.8, 4) is 0 Å².